The number of thiophene rings is 1. The van der Waals surface area contributed by atoms with Gasteiger partial charge in [0.2, 0.25) is 0 Å². The number of nitrogens with one attached hydrogen (secondary N) is 2. The molecule has 0 bridgehead atoms. The number of aryl methyl sites for hydroxylation is 1. The van der Waals surface area contributed by atoms with Crippen molar-refractivity contribution >= 4 is 49.6 Å². The lowest BCUT2D eigenvalue weighted by atomic mass is 9.95. The van der Waals surface area contributed by atoms with Crippen LogP contribution in [0.15, 0.2) is 24.3 Å². The van der Waals surface area contributed by atoms with Crippen molar-refractivity contribution in [3.05, 3.63) is 50.9 Å². The highest BCUT2D eigenvalue weighted by Gasteiger charge is 2.32. The summed E-state index contributed by atoms with van der Waals surface area (Å²) >= 11 is 7.56. The standard InChI is InChI=1S/C20H21ClN2O4S2/c21-15-7-3-1-5-13(15)18(24)23-20-17(14-6-2-4-8-16(14)28-20)19(25)22-12-9-10-29(26,27)11-12/h1,3,5,7,12H,2,4,6,8-11H2,(H,22,25)(H,23,24)/t12-/m0/s1. The van der Waals surface area contributed by atoms with Crippen molar-refractivity contribution in [1.29, 1.82) is 0 Å². The van der Waals surface area contributed by atoms with E-state index in [0.717, 1.165) is 36.1 Å². The molecule has 2 aromatic rings. The van der Waals surface area contributed by atoms with E-state index in [4.69, 9.17) is 11.6 Å². The second-order valence-electron chi connectivity index (χ2n) is 7.42. The minimum atomic E-state index is -3.09. The Hall–Kier alpha value is -1.90. The quantitative estimate of drug-likeness (QED) is 0.743. The summed E-state index contributed by atoms with van der Waals surface area (Å²) in [6.45, 7) is 0. The van der Waals surface area contributed by atoms with Gasteiger partial charge in [-0.2, -0.15) is 0 Å². The minimum absolute atomic E-state index is 0.0353. The molecule has 2 amide bonds. The number of fused-ring (bicyclic) bond motifs is 1. The molecule has 2 aliphatic rings. The zero-order chi connectivity index (χ0) is 20.6. The number of hydrogen-bond donors (Lipinski definition) is 2. The molecule has 4 rings (SSSR count). The summed E-state index contributed by atoms with van der Waals surface area (Å²) in [5.74, 6) is -0.630. The number of hydrogen-bond acceptors (Lipinski definition) is 5. The lowest BCUT2D eigenvalue weighted by Gasteiger charge is -2.15. The van der Waals surface area contributed by atoms with Crippen molar-refractivity contribution in [2.24, 2.45) is 0 Å². The van der Waals surface area contributed by atoms with E-state index in [9.17, 15) is 18.0 Å². The molecule has 1 atom stereocenters. The number of sulfone groups is 1. The molecule has 1 aromatic heterocycles. The molecule has 2 N–H and O–H groups in total. The molecule has 6 nitrogen and oxygen atoms in total. The fourth-order valence-electron chi connectivity index (χ4n) is 3.88. The third-order valence-corrected chi connectivity index (χ3v) is 8.62. The minimum Gasteiger partial charge on any atom is -0.348 e. The highest BCUT2D eigenvalue weighted by Crippen LogP contribution is 2.38. The highest BCUT2D eigenvalue weighted by molar-refractivity contribution is 7.91. The summed E-state index contributed by atoms with van der Waals surface area (Å²) in [5, 5.41) is 6.57. The third-order valence-electron chi connectivity index (χ3n) is 5.31. The van der Waals surface area contributed by atoms with Gasteiger partial charge < -0.3 is 10.6 Å². The first kappa shape index (κ1) is 20.4. The number of halogens is 1. The van der Waals surface area contributed by atoms with Gasteiger partial charge in [-0.05, 0) is 49.8 Å². The van der Waals surface area contributed by atoms with Gasteiger partial charge in [0.1, 0.15) is 5.00 Å². The molecular weight excluding hydrogens is 432 g/mol. The van der Waals surface area contributed by atoms with Gasteiger partial charge >= 0.3 is 0 Å². The Morgan fingerprint density at radius 3 is 2.59 bits per heavy atom. The van der Waals surface area contributed by atoms with Gasteiger partial charge in [0.15, 0.2) is 9.84 Å². The maximum Gasteiger partial charge on any atom is 0.257 e. The van der Waals surface area contributed by atoms with Gasteiger partial charge in [0.25, 0.3) is 11.8 Å². The van der Waals surface area contributed by atoms with Crippen LogP contribution in [0.1, 0.15) is 50.4 Å². The molecule has 0 spiro atoms. The van der Waals surface area contributed by atoms with E-state index >= 15 is 0 Å². The van der Waals surface area contributed by atoms with E-state index in [-0.39, 0.29) is 23.3 Å². The van der Waals surface area contributed by atoms with E-state index in [1.807, 2.05) is 0 Å². The zero-order valence-electron chi connectivity index (χ0n) is 15.7. The number of carbonyl (C=O) groups is 2. The largest absolute Gasteiger partial charge is 0.348 e. The molecule has 0 saturated carbocycles. The van der Waals surface area contributed by atoms with Gasteiger partial charge in [0.05, 0.1) is 27.7 Å². The van der Waals surface area contributed by atoms with Gasteiger partial charge in [-0.3, -0.25) is 9.59 Å². The smallest absolute Gasteiger partial charge is 0.257 e. The van der Waals surface area contributed by atoms with Gasteiger partial charge in [0, 0.05) is 10.9 Å². The van der Waals surface area contributed by atoms with Crippen LogP contribution in [-0.4, -0.2) is 37.8 Å². The van der Waals surface area contributed by atoms with E-state index in [2.05, 4.69) is 10.6 Å². The Morgan fingerprint density at radius 1 is 1.10 bits per heavy atom. The van der Waals surface area contributed by atoms with Crippen LogP contribution >= 0.6 is 22.9 Å². The third kappa shape index (κ3) is 4.34. The van der Waals surface area contributed by atoms with E-state index in [1.165, 1.54) is 11.3 Å². The normalized spacial score (nSPS) is 20.1. The first-order valence-corrected chi connectivity index (χ1v) is 12.6. The van der Waals surface area contributed by atoms with Crippen LogP contribution in [0.3, 0.4) is 0 Å². The summed E-state index contributed by atoms with van der Waals surface area (Å²) in [7, 11) is -3.09. The number of carbonyl (C=O) groups excluding carboxylic acids is 2. The molecule has 1 aliphatic heterocycles. The van der Waals surface area contributed by atoms with Crippen LogP contribution in [-0.2, 0) is 22.7 Å². The second kappa shape index (κ2) is 8.08. The lowest BCUT2D eigenvalue weighted by Crippen LogP contribution is -2.36. The predicted octanol–water partition coefficient (Wildman–Crippen LogP) is 3.45. The topological polar surface area (TPSA) is 92.3 Å². The van der Waals surface area contributed by atoms with E-state index in [1.54, 1.807) is 24.3 Å². The van der Waals surface area contributed by atoms with Crippen LogP contribution in [0.2, 0.25) is 5.02 Å². The molecular formula is C20H21ClN2O4S2. The van der Waals surface area contributed by atoms with Crippen LogP contribution in [0, 0.1) is 0 Å². The van der Waals surface area contributed by atoms with Crippen LogP contribution in [0.4, 0.5) is 5.00 Å². The molecule has 1 aliphatic carbocycles. The maximum atomic E-state index is 13.1. The average Bonchev–Trinajstić information content (AvgIpc) is 3.20. The molecule has 29 heavy (non-hydrogen) atoms. The lowest BCUT2D eigenvalue weighted by molar-refractivity contribution is 0.0941. The van der Waals surface area contributed by atoms with Crippen molar-refractivity contribution in [2.75, 3.05) is 16.8 Å². The van der Waals surface area contributed by atoms with E-state index < -0.39 is 15.9 Å². The summed E-state index contributed by atoms with van der Waals surface area (Å²) in [6, 6.07) is 6.36. The first-order chi connectivity index (χ1) is 13.8. The zero-order valence-corrected chi connectivity index (χ0v) is 18.1. The molecule has 1 aromatic carbocycles. The molecule has 1 saturated heterocycles. The number of benzene rings is 1. The Balaban J connectivity index is 1.62. The summed E-state index contributed by atoms with van der Waals surface area (Å²) < 4.78 is 23.4. The fraction of sp³-hybridized carbons (Fsp3) is 0.400. The van der Waals surface area contributed by atoms with Crippen molar-refractivity contribution in [2.45, 2.75) is 38.1 Å². The summed E-state index contributed by atoms with van der Waals surface area (Å²) in [6.07, 6.45) is 4.11. The first-order valence-electron chi connectivity index (χ1n) is 9.56. The van der Waals surface area contributed by atoms with Gasteiger partial charge in [-0.1, -0.05) is 23.7 Å². The number of amides is 2. The van der Waals surface area contributed by atoms with Gasteiger partial charge in [-0.25, -0.2) is 8.42 Å². The summed E-state index contributed by atoms with van der Waals surface area (Å²) in [4.78, 5) is 26.9. The second-order valence-corrected chi connectivity index (χ2v) is 11.2. The van der Waals surface area contributed by atoms with Crippen LogP contribution in [0.5, 0.6) is 0 Å². The Kier molecular flexibility index (Phi) is 5.68. The molecule has 1 fully saturated rings. The Bertz CT molecular complexity index is 1080. The molecule has 154 valence electrons. The Labute approximate surface area is 178 Å². The molecule has 9 heteroatoms. The summed E-state index contributed by atoms with van der Waals surface area (Å²) in [5.41, 5.74) is 1.78. The number of rotatable bonds is 4. The molecule has 0 radical (unpaired) electrons. The van der Waals surface area contributed by atoms with Crippen molar-refractivity contribution < 1.29 is 18.0 Å². The predicted molar refractivity (Wildman–Crippen MR) is 115 cm³/mol. The van der Waals surface area contributed by atoms with Crippen LogP contribution in [0.25, 0.3) is 0 Å². The van der Waals surface area contributed by atoms with Crippen molar-refractivity contribution in [3.8, 4) is 0 Å². The van der Waals surface area contributed by atoms with Crippen molar-refractivity contribution in [1.82, 2.24) is 5.32 Å². The average molecular weight is 453 g/mol. The van der Waals surface area contributed by atoms with E-state index in [0.29, 0.717) is 27.6 Å². The maximum absolute atomic E-state index is 13.1. The molecule has 2 heterocycles. The SMILES string of the molecule is O=C(Nc1sc2c(c1C(=O)N[C@H]1CCS(=O)(=O)C1)CCCC2)c1ccccc1Cl. The fourth-order valence-corrected chi connectivity index (χ4v) is 7.05. The van der Waals surface area contributed by atoms with Crippen LogP contribution < -0.4 is 10.6 Å². The van der Waals surface area contributed by atoms with Gasteiger partial charge in [-0.15, -0.1) is 11.3 Å². The number of anilines is 1. The highest BCUT2D eigenvalue weighted by atomic mass is 35.5. The van der Waals surface area contributed by atoms with Crippen molar-refractivity contribution in [3.63, 3.8) is 0 Å². The molecule has 0 unspecified atom stereocenters. The Morgan fingerprint density at radius 2 is 1.86 bits per heavy atom. The monoisotopic (exact) mass is 452 g/mol.